The van der Waals surface area contributed by atoms with Gasteiger partial charge < -0.3 is 10.1 Å². The van der Waals surface area contributed by atoms with Gasteiger partial charge in [0.05, 0.1) is 32.5 Å². The van der Waals surface area contributed by atoms with Gasteiger partial charge in [-0.1, -0.05) is 12.1 Å². The summed E-state index contributed by atoms with van der Waals surface area (Å²) in [7, 11) is 0. The first-order valence-corrected chi connectivity index (χ1v) is 9.36. The van der Waals surface area contributed by atoms with E-state index in [1.165, 1.54) is 0 Å². The summed E-state index contributed by atoms with van der Waals surface area (Å²) in [5, 5.41) is 5.10. The molecule has 0 bridgehead atoms. The molecule has 4 heterocycles. The number of rotatable bonds is 3. The van der Waals surface area contributed by atoms with Gasteiger partial charge in [-0.05, 0) is 24.3 Å². The number of fused-ring (bicyclic) bond motifs is 2. The number of pyridine rings is 2. The van der Waals surface area contributed by atoms with Crippen molar-refractivity contribution in [2.45, 2.75) is 0 Å². The van der Waals surface area contributed by atoms with Crippen molar-refractivity contribution < 1.29 is 18.9 Å². The molecule has 0 unspecified atom stereocenters. The molecule has 0 spiro atoms. The summed E-state index contributed by atoms with van der Waals surface area (Å²) in [5.74, 6) is 0.736. The van der Waals surface area contributed by atoms with Gasteiger partial charge in [-0.2, -0.15) is 0 Å². The van der Waals surface area contributed by atoms with Crippen molar-refractivity contribution >= 4 is 33.8 Å². The fraction of sp³-hybridized carbons (Fsp3) is 0.190. The highest BCUT2D eigenvalue weighted by atomic mass is 16.5. The monoisotopic (exact) mass is 375 g/mol. The molecule has 1 amide bonds. The number of nitrogens with one attached hydrogen (secondary N) is 3. The van der Waals surface area contributed by atoms with Crippen LogP contribution in [-0.4, -0.2) is 37.2 Å². The van der Waals surface area contributed by atoms with Crippen LogP contribution in [0, 0.1) is 0 Å². The van der Waals surface area contributed by atoms with Crippen LogP contribution in [-0.2, 0) is 4.74 Å². The van der Waals surface area contributed by atoms with Gasteiger partial charge in [0, 0.05) is 22.5 Å². The third kappa shape index (κ3) is 2.86. The third-order valence-corrected chi connectivity index (χ3v) is 5.09. The lowest BCUT2D eigenvalue weighted by Crippen LogP contribution is -2.41. The molecule has 7 heteroatoms. The van der Waals surface area contributed by atoms with Crippen molar-refractivity contribution in [3.8, 4) is 0 Å². The molecule has 3 aromatic heterocycles. The summed E-state index contributed by atoms with van der Waals surface area (Å²) in [6, 6.07) is 13.7. The number of nitrogens with zero attached hydrogens (tertiary/aromatic N) is 2. The number of carbonyl (C=O) groups excluding carboxylic acids is 1. The maximum Gasteiger partial charge on any atom is 0.363 e. The van der Waals surface area contributed by atoms with Crippen LogP contribution in [0.15, 0.2) is 61.1 Å². The van der Waals surface area contributed by atoms with E-state index in [0.29, 0.717) is 18.9 Å². The minimum Gasteiger partial charge on any atom is -0.375 e. The summed E-state index contributed by atoms with van der Waals surface area (Å²) in [5.41, 5.74) is 2.17. The number of anilines is 2. The summed E-state index contributed by atoms with van der Waals surface area (Å²) < 4.78 is 7.49. The molecule has 3 N–H and O–H groups in total. The minimum absolute atomic E-state index is 0.163. The van der Waals surface area contributed by atoms with Crippen molar-refractivity contribution in [3.05, 3.63) is 66.7 Å². The van der Waals surface area contributed by atoms with E-state index in [2.05, 4.69) is 20.2 Å². The maximum atomic E-state index is 13.2. The number of benzene rings is 1. The number of carbonyl (C=O) groups is 1. The number of hydrogen-bond donors (Lipinski definition) is 2. The number of aromatic nitrogens is 3. The predicted molar refractivity (Wildman–Crippen MR) is 105 cm³/mol. The lowest BCUT2D eigenvalue weighted by atomic mass is 10.1. The second kappa shape index (κ2) is 6.94. The normalized spacial score (nSPS) is 14.5. The van der Waals surface area contributed by atoms with Gasteiger partial charge in [0.1, 0.15) is 0 Å². The van der Waals surface area contributed by atoms with Gasteiger partial charge in [0.25, 0.3) is 5.91 Å². The molecule has 1 aromatic carbocycles. The van der Waals surface area contributed by atoms with E-state index in [1.807, 2.05) is 65.5 Å². The van der Waals surface area contributed by atoms with Gasteiger partial charge in [-0.3, -0.25) is 9.69 Å². The molecule has 0 saturated carbocycles. The molecule has 1 saturated heterocycles. The van der Waals surface area contributed by atoms with Crippen molar-refractivity contribution in [1.82, 2.24) is 4.98 Å². The molecular weight excluding hydrogens is 354 g/mol. The summed E-state index contributed by atoms with van der Waals surface area (Å²) >= 11 is 0. The Bertz CT molecular complexity index is 1160. The van der Waals surface area contributed by atoms with E-state index < -0.39 is 0 Å². The van der Waals surface area contributed by atoms with Crippen LogP contribution in [0.1, 0.15) is 10.5 Å². The lowest BCUT2D eigenvalue weighted by Gasteiger charge is -2.21. The van der Waals surface area contributed by atoms with Crippen LogP contribution in [0.3, 0.4) is 0 Å². The Hall–Kier alpha value is -3.45. The molecule has 0 atom stereocenters. The van der Waals surface area contributed by atoms with Gasteiger partial charge in [-0.15, -0.1) is 0 Å². The van der Waals surface area contributed by atoms with E-state index in [9.17, 15) is 4.79 Å². The van der Waals surface area contributed by atoms with Crippen molar-refractivity contribution in [2.75, 3.05) is 36.5 Å². The summed E-state index contributed by atoms with van der Waals surface area (Å²) in [6.45, 7) is 2.95. The van der Waals surface area contributed by atoms with Gasteiger partial charge in [0.15, 0.2) is 17.9 Å². The molecule has 5 rings (SSSR count). The highest BCUT2D eigenvalue weighted by Crippen LogP contribution is 2.23. The summed E-state index contributed by atoms with van der Waals surface area (Å²) in [6.07, 6.45) is 5.75. The predicted octanol–water partition coefficient (Wildman–Crippen LogP) is 1.81. The van der Waals surface area contributed by atoms with Crippen molar-refractivity contribution in [2.24, 2.45) is 0 Å². The Labute approximate surface area is 161 Å². The Balaban J connectivity index is 1.54. The Morgan fingerprint density at radius 1 is 1.14 bits per heavy atom. The molecule has 28 heavy (non-hydrogen) atoms. The number of ether oxygens (including phenoxy) is 1. The number of amides is 1. The van der Waals surface area contributed by atoms with Crippen LogP contribution >= 0.6 is 0 Å². The highest BCUT2D eigenvalue weighted by molar-refractivity contribution is 6.10. The Morgan fingerprint density at radius 3 is 2.93 bits per heavy atom. The molecular formula is C21H21N5O2+2. The van der Waals surface area contributed by atoms with Crippen molar-refractivity contribution in [3.63, 3.8) is 0 Å². The second-order valence-electron chi connectivity index (χ2n) is 6.79. The number of aromatic amines is 2. The topological polar surface area (TPSA) is 75.6 Å². The van der Waals surface area contributed by atoms with E-state index in [1.54, 1.807) is 0 Å². The fourth-order valence-corrected chi connectivity index (χ4v) is 3.71. The minimum atomic E-state index is -0.163. The lowest BCUT2D eigenvalue weighted by molar-refractivity contribution is -0.497. The maximum absolute atomic E-state index is 13.2. The zero-order valence-corrected chi connectivity index (χ0v) is 15.3. The largest absolute Gasteiger partial charge is 0.375 e. The SMILES string of the molecule is O=C(Nc1cccc2c[nH+]ccc12)c1[nH]c(N2CCOCC2)[n+]2ccccc12. The summed E-state index contributed by atoms with van der Waals surface area (Å²) in [4.78, 5) is 21.8. The van der Waals surface area contributed by atoms with Crippen LogP contribution in [0.5, 0.6) is 0 Å². The molecule has 140 valence electrons. The molecule has 0 radical (unpaired) electrons. The van der Waals surface area contributed by atoms with Crippen molar-refractivity contribution in [1.29, 1.82) is 0 Å². The molecule has 1 fully saturated rings. The first-order chi connectivity index (χ1) is 13.8. The van der Waals surface area contributed by atoms with E-state index in [4.69, 9.17) is 4.74 Å². The highest BCUT2D eigenvalue weighted by Gasteiger charge is 2.28. The van der Waals surface area contributed by atoms with E-state index in [-0.39, 0.29) is 5.91 Å². The van der Waals surface area contributed by atoms with Crippen LogP contribution in [0.25, 0.3) is 16.3 Å². The quantitative estimate of drug-likeness (QED) is 0.536. The molecule has 1 aliphatic rings. The van der Waals surface area contributed by atoms with Crippen LogP contribution < -0.4 is 19.6 Å². The average molecular weight is 375 g/mol. The Kier molecular flexibility index (Phi) is 4.14. The fourth-order valence-electron chi connectivity index (χ4n) is 3.71. The molecule has 1 aliphatic heterocycles. The van der Waals surface area contributed by atoms with Gasteiger partial charge >= 0.3 is 5.95 Å². The van der Waals surface area contributed by atoms with E-state index in [0.717, 1.165) is 41.0 Å². The number of morpholine rings is 1. The second-order valence-corrected chi connectivity index (χ2v) is 6.79. The first kappa shape index (κ1) is 16.7. The zero-order chi connectivity index (χ0) is 18.9. The van der Waals surface area contributed by atoms with Gasteiger partial charge in [-0.25, -0.2) is 14.4 Å². The number of imidazole rings is 1. The molecule has 7 nitrogen and oxygen atoms in total. The number of hydrogen-bond acceptors (Lipinski definition) is 3. The third-order valence-electron chi connectivity index (χ3n) is 5.09. The van der Waals surface area contributed by atoms with E-state index >= 15 is 0 Å². The number of H-pyrrole nitrogens is 2. The molecule has 4 aromatic rings. The first-order valence-electron chi connectivity index (χ1n) is 9.36. The average Bonchev–Trinajstić information content (AvgIpc) is 3.15. The van der Waals surface area contributed by atoms with Crippen LogP contribution in [0.2, 0.25) is 0 Å². The van der Waals surface area contributed by atoms with Gasteiger partial charge in [0.2, 0.25) is 5.69 Å². The molecule has 0 aliphatic carbocycles. The standard InChI is InChI=1S/C21H19N5O2/c27-20(23-17-5-3-4-15-14-22-8-7-16(15)17)19-18-6-1-2-9-26(18)21(24-19)25-10-12-28-13-11-25/h1-9,14H,10-13H2,(H,23,27)/p+2. The zero-order valence-electron chi connectivity index (χ0n) is 15.3. The smallest absolute Gasteiger partial charge is 0.363 e. The Morgan fingerprint density at radius 2 is 2.04 bits per heavy atom. The van der Waals surface area contributed by atoms with Crippen LogP contribution in [0.4, 0.5) is 11.6 Å².